The molecular weight excluding hydrogens is 586 g/mol. The molecule has 5 unspecified atom stereocenters. The minimum absolute atomic E-state index is 0.0418. The molecule has 0 amide bonds. The lowest BCUT2D eigenvalue weighted by Crippen LogP contribution is -2.68. The van der Waals surface area contributed by atoms with Crippen LogP contribution in [0.5, 0.6) is 11.5 Å². The Balaban J connectivity index is 1.53. The third-order valence-electron chi connectivity index (χ3n) is 8.25. The highest BCUT2D eigenvalue weighted by Gasteiger charge is 2.55. The van der Waals surface area contributed by atoms with E-state index in [-0.39, 0.29) is 54.0 Å². The van der Waals surface area contributed by atoms with Gasteiger partial charge in [0.2, 0.25) is 12.0 Å². The monoisotopic (exact) mass is 627 g/mol. The molecule has 2 aliphatic heterocycles. The highest BCUT2D eigenvalue weighted by Crippen LogP contribution is 2.48. The summed E-state index contributed by atoms with van der Waals surface area (Å²) in [4.78, 5) is 12.2. The number of ether oxygens (including phenoxy) is 4. The lowest BCUT2D eigenvalue weighted by Gasteiger charge is -2.47. The Kier molecular flexibility index (Phi) is 10.5. The van der Waals surface area contributed by atoms with Crippen molar-refractivity contribution in [2.75, 3.05) is 38.7 Å². The third kappa shape index (κ3) is 6.68. The number of fused-ring (bicyclic) bond motifs is 5. The number of benzene rings is 1. The van der Waals surface area contributed by atoms with E-state index in [9.17, 15) is 25.2 Å². The molecule has 13 heteroatoms. The molecule has 0 radical (unpaired) electrons. The highest BCUT2D eigenvalue weighted by molar-refractivity contribution is 8.77. The molecule has 2 fully saturated rings. The van der Waals surface area contributed by atoms with Gasteiger partial charge in [0.05, 0.1) is 19.5 Å². The van der Waals surface area contributed by atoms with Gasteiger partial charge in [-0.1, -0.05) is 40.9 Å². The van der Waals surface area contributed by atoms with Crippen molar-refractivity contribution < 1.29 is 48.6 Å². The molecule has 1 saturated carbocycles. The van der Waals surface area contributed by atoms with Gasteiger partial charge in [-0.25, -0.2) is 0 Å². The van der Waals surface area contributed by atoms with Gasteiger partial charge in [-0.15, -0.1) is 0 Å². The van der Waals surface area contributed by atoms with E-state index in [0.29, 0.717) is 17.7 Å². The van der Waals surface area contributed by atoms with Gasteiger partial charge in [0.15, 0.2) is 11.3 Å². The Morgan fingerprint density at radius 1 is 1.17 bits per heavy atom. The van der Waals surface area contributed by atoms with E-state index >= 15 is 0 Å². The zero-order valence-corrected chi connectivity index (χ0v) is 25.4. The molecule has 5 N–H and O–H groups in total. The Labute approximate surface area is 253 Å². The Morgan fingerprint density at radius 2 is 1.98 bits per heavy atom. The number of carbonyl (C=O) groups excluding carboxylic acids is 1. The fourth-order valence-electron chi connectivity index (χ4n) is 5.85. The maximum absolute atomic E-state index is 12.2. The number of nitrogens with one attached hydrogen (secondary N) is 1. The summed E-state index contributed by atoms with van der Waals surface area (Å²) in [5.41, 5.74) is -0.601. The summed E-state index contributed by atoms with van der Waals surface area (Å²) in [6.45, 7) is 3.00. The van der Waals surface area contributed by atoms with E-state index < -0.39 is 36.8 Å². The van der Waals surface area contributed by atoms with E-state index in [0.717, 1.165) is 37.6 Å². The van der Waals surface area contributed by atoms with Crippen LogP contribution in [0.25, 0.3) is 11.0 Å². The lowest BCUT2D eigenvalue weighted by atomic mass is 9.88. The van der Waals surface area contributed by atoms with Crippen LogP contribution in [-0.4, -0.2) is 100 Å². The van der Waals surface area contributed by atoms with E-state index in [1.54, 1.807) is 23.8 Å². The van der Waals surface area contributed by atoms with Gasteiger partial charge >= 0.3 is 5.97 Å². The highest BCUT2D eigenvalue weighted by atomic mass is 33.1. The molecule has 234 valence electrons. The molecule has 5 rings (SSSR count). The smallest absolute Gasteiger partial charge is 0.306 e. The fraction of sp³-hybridized carbons (Fsp3) is 0.690. The van der Waals surface area contributed by atoms with Crippen LogP contribution in [0.15, 0.2) is 22.8 Å². The average molecular weight is 628 g/mol. The van der Waals surface area contributed by atoms with Crippen molar-refractivity contribution in [2.24, 2.45) is 0 Å². The molecule has 5 atom stereocenters. The molecule has 11 nitrogen and oxygen atoms in total. The molecule has 1 aliphatic carbocycles. The number of hydrogen-bond acceptors (Lipinski definition) is 13. The largest absolute Gasteiger partial charge is 0.485 e. The molecule has 42 heavy (non-hydrogen) atoms. The normalized spacial score (nSPS) is 30.4. The van der Waals surface area contributed by atoms with Gasteiger partial charge in [0.25, 0.3) is 0 Å². The first-order valence-electron chi connectivity index (χ1n) is 14.6. The number of furan rings is 1. The average Bonchev–Trinajstić information content (AvgIpc) is 3.46. The van der Waals surface area contributed by atoms with Crippen molar-refractivity contribution in [1.82, 2.24) is 5.32 Å². The summed E-state index contributed by atoms with van der Waals surface area (Å²) in [6, 6.07) is 3.59. The molecule has 2 aromatic rings. The van der Waals surface area contributed by atoms with E-state index in [1.807, 2.05) is 6.07 Å². The molecule has 1 aromatic carbocycles. The van der Waals surface area contributed by atoms with Crippen molar-refractivity contribution in [3.8, 4) is 11.5 Å². The third-order valence-corrected chi connectivity index (χ3v) is 11.7. The summed E-state index contributed by atoms with van der Waals surface area (Å²) in [5, 5.41) is 47.8. The predicted molar refractivity (Wildman–Crippen MR) is 159 cm³/mol. The molecule has 1 spiro atoms. The molecule has 3 heterocycles. The zero-order chi connectivity index (χ0) is 29.7. The number of esters is 1. The van der Waals surface area contributed by atoms with Crippen LogP contribution >= 0.6 is 21.6 Å². The zero-order valence-electron chi connectivity index (χ0n) is 23.8. The minimum Gasteiger partial charge on any atom is -0.485 e. The Hall–Kier alpha value is -1.71. The molecule has 3 aliphatic rings. The van der Waals surface area contributed by atoms with Crippen LogP contribution < -0.4 is 14.8 Å². The Bertz CT molecular complexity index is 1200. The van der Waals surface area contributed by atoms with Crippen LogP contribution in [0.2, 0.25) is 0 Å². The van der Waals surface area contributed by atoms with E-state index in [2.05, 4.69) is 5.32 Å². The van der Waals surface area contributed by atoms with Crippen LogP contribution in [-0.2, 0) is 20.7 Å². The van der Waals surface area contributed by atoms with Gasteiger partial charge in [0, 0.05) is 35.4 Å². The van der Waals surface area contributed by atoms with Crippen LogP contribution in [0.3, 0.4) is 0 Å². The number of aliphatic hydroxyl groups excluding tert-OH is 4. The van der Waals surface area contributed by atoms with Gasteiger partial charge in [0.1, 0.15) is 30.5 Å². The van der Waals surface area contributed by atoms with Crippen molar-refractivity contribution in [3.05, 3.63) is 24.0 Å². The first-order valence-corrected chi connectivity index (χ1v) is 17.0. The van der Waals surface area contributed by atoms with Crippen molar-refractivity contribution in [3.63, 3.8) is 0 Å². The van der Waals surface area contributed by atoms with Crippen molar-refractivity contribution in [2.45, 2.75) is 86.8 Å². The van der Waals surface area contributed by atoms with Gasteiger partial charge in [-0.2, -0.15) is 0 Å². The second kappa shape index (κ2) is 13.9. The number of hydrogen-bond donors (Lipinski definition) is 5. The van der Waals surface area contributed by atoms with Crippen LogP contribution in [0.4, 0.5) is 0 Å². The lowest BCUT2D eigenvalue weighted by molar-refractivity contribution is -0.312. The minimum atomic E-state index is -1.65. The summed E-state index contributed by atoms with van der Waals surface area (Å²) in [5.74, 6) is 0.229. The maximum Gasteiger partial charge on any atom is 0.306 e. The fourth-order valence-corrected chi connectivity index (χ4v) is 9.51. The van der Waals surface area contributed by atoms with Gasteiger partial charge in [-0.3, -0.25) is 4.79 Å². The number of aryl methyl sites for hydroxylation is 1. The van der Waals surface area contributed by atoms with Gasteiger partial charge < -0.3 is 49.1 Å². The summed E-state index contributed by atoms with van der Waals surface area (Å²) < 4.78 is 29.6. The van der Waals surface area contributed by atoms with E-state index in [4.69, 9.17) is 23.4 Å². The van der Waals surface area contributed by atoms with Crippen LogP contribution in [0.1, 0.15) is 51.0 Å². The van der Waals surface area contributed by atoms with E-state index in [1.165, 1.54) is 23.5 Å². The second-order valence-electron chi connectivity index (χ2n) is 11.2. The first-order chi connectivity index (χ1) is 20.3. The molecule has 1 aromatic heterocycles. The van der Waals surface area contributed by atoms with Gasteiger partial charge in [-0.05, 0) is 43.9 Å². The molecular formula is C29H41NO10S2. The number of rotatable bonds is 5. The molecule has 2 bridgehead atoms. The quantitative estimate of drug-likeness (QED) is 0.243. The number of aliphatic hydroxyl groups is 4. The summed E-state index contributed by atoms with van der Waals surface area (Å²) in [6.07, 6.45) is 0.999. The summed E-state index contributed by atoms with van der Waals surface area (Å²) >= 11 is 0. The Morgan fingerprint density at radius 3 is 2.74 bits per heavy atom. The topological polar surface area (TPSA) is 160 Å². The maximum atomic E-state index is 12.2. The summed E-state index contributed by atoms with van der Waals surface area (Å²) in [7, 11) is 3.20. The van der Waals surface area contributed by atoms with Crippen molar-refractivity contribution in [1.29, 1.82) is 0 Å². The predicted octanol–water partition coefficient (Wildman–Crippen LogP) is 2.54. The van der Waals surface area contributed by atoms with Crippen molar-refractivity contribution >= 4 is 38.5 Å². The first kappa shape index (κ1) is 31.7. The SMILES string of the molecule is CCOC(=O)CCc1cc2ccoc2c2c1OC1OC(CO)(CSSC3(CCCCC3)CNCCO2)C(O)C(O)C1O. The molecule has 1 saturated heterocycles. The van der Waals surface area contributed by atoms with Crippen LogP contribution in [0, 0.1) is 0 Å². The number of carbonyl (C=O) groups is 1. The second-order valence-corrected chi connectivity index (χ2v) is 14.0. The standard InChI is InChI=1S/C29H41NO10S2/c1-2-36-20(32)7-6-18-14-19-8-12-37-23(19)25-24(18)39-27-22(34)21(33)26(35)29(16-31,40-27)17-41-42-28(9-4-3-5-10-28)15-30-11-13-38-25/h8,12,14,21-22,26-27,30-31,33-35H,2-7,9-11,13,15-17H2,1H3.